The average molecular weight is 293 g/mol. The highest BCUT2D eigenvalue weighted by molar-refractivity contribution is 5.95. The van der Waals surface area contributed by atoms with Crippen LogP contribution in [-0.4, -0.2) is 24.4 Å². The zero-order valence-electron chi connectivity index (χ0n) is 12.8. The van der Waals surface area contributed by atoms with Crippen LogP contribution in [0.25, 0.3) is 0 Å². The summed E-state index contributed by atoms with van der Waals surface area (Å²) in [7, 11) is 1.53. The molecule has 0 aliphatic rings. The van der Waals surface area contributed by atoms with Gasteiger partial charge in [0, 0.05) is 25.2 Å². The summed E-state index contributed by atoms with van der Waals surface area (Å²) < 4.78 is 0. The van der Waals surface area contributed by atoms with Gasteiger partial charge >= 0.3 is 0 Å². The van der Waals surface area contributed by atoms with Crippen molar-refractivity contribution >= 4 is 17.3 Å². The smallest absolute Gasteiger partial charge is 0.292 e. The Kier molecular flexibility index (Phi) is 6.65. The van der Waals surface area contributed by atoms with Gasteiger partial charge in [0.15, 0.2) is 0 Å². The van der Waals surface area contributed by atoms with E-state index in [1.54, 1.807) is 0 Å². The van der Waals surface area contributed by atoms with Gasteiger partial charge in [0.25, 0.3) is 11.6 Å². The molecule has 1 aromatic rings. The molecule has 1 amide bonds. The third-order valence-corrected chi connectivity index (χ3v) is 3.21. The predicted octanol–water partition coefficient (Wildman–Crippen LogP) is 3.19. The molecule has 6 heteroatoms. The molecule has 0 aliphatic heterocycles. The van der Waals surface area contributed by atoms with Crippen LogP contribution in [0.4, 0.5) is 11.4 Å². The Hall–Kier alpha value is -2.11. The quantitative estimate of drug-likeness (QED) is 0.438. The number of nitrogens with zero attached hydrogens (tertiary/aromatic N) is 1. The van der Waals surface area contributed by atoms with Crippen molar-refractivity contribution in [2.45, 2.75) is 33.1 Å². The van der Waals surface area contributed by atoms with Gasteiger partial charge in [-0.2, -0.15) is 0 Å². The highest BCUT2D eigenvalue weighted by Crippen LogP contribution is 2.25. The van der Waals surface area contributed by atoms with Gasteiger partial charge in [-0.3, -0.25) is 14.9 Å². The van der Waals surface area contributed by atoms with Gasteiger partial charge in [-0.25, -0.2) is 0 Å². The summed E-state index contributed by atoms with van der Waals surface area (Å²) in [6.45, 7) is 5.00. The first-order chi connectivity index (χ1) is 9.95. The zero-order valence-corrected chi connectivity index (χ0v) is 12.8. The minimum absolute atomic E-state index is 0.00786. The third-order valence-electron chi connectivity index (χ3n) is 3.21. The van der Waals surface area contributed by atoms with E-state index in [1.807, 2.05) is 0 Å². The van der Waals surface area contributed by atoms with Crippen LogP contribution in [-0.2, 0) is 0 Å². The molecule has 0 atom stereocenters. The van der Waals surface area contributed by atoms with Crippen LogP contribution in [0.5, 0.6) is 0 Å². The number of nitro groups is 1. The average Bonchev–Trinajstić information content (AvgIpc) is 2.45. The Labute approximate surface area is 125 Å². The SMILES string of the molecule is CNC(=O)c1ccc([N+](=O)[O-])c(NCCCCC(C)C)c1. The summed E-state index contributed by atoms with van der Waals surface area (Å²) in [6.07, 6.45) is 3.16. The maximum atomic E-state index is 11.6. The topological polar surface area (TPSA) is 84.3 Å². The molecular weight excluding hydrogens is 270 g/mol. The number of benzene rings is 1. The largest absolute Gasteiger partial charge is 0.379 e. The highest BCUT2D eigenvalue weighted by Gasteiger charge is 2.16. The van der Waals surface area contributed by atoms with E-state index in [0.29, 0.717) is 23.7 Å². The summed E-state index contributed by atoms with van der Waals surface area (Å²) in [6, 6.07) is 4.35. The second-order valence-electron chi connectivity index (χ2n) is 5.38. The fourth-order valence-electron chi connectivity index (χ4n) is 2.02. The molecule has 0 spiro atoms. The summed E-state index contributed by atoms with van der Waals surface area (Å²) in [5, 5.41) is 16.6. The van der Waals surface area contributed by atoms with Crippen molar-refractivity contribution in [3.63, 3.8) is 0 Å². The van der Waals surface area contributed by atoms with Gasteiger partial charge in [-0.05, 0) is 24.5 Å². The van der Waals surface area contributed by atoms with E-state index >= 15 is 0 Å². The third kappa shape index (κ3) is 5.41. The van der Waals surface area contributed by atoms with Crippen molar-refractivity contribution in [1.29, 1.82) is 0 Å². The molecule has 0 unspecified atom stereocenters. The lowest BCUT2D eigenvalue weighted by molar-refractivity contribution is -0.384. The molecule has 1 aromatic carbocycles. The van der Waals surface area contributed by atoms with Crippen LogP contribution in [0, 0.1) is 16.0 Å². The second-order valence-corrected chi connectivity index (χ2v) is 5.38. The zero-order chi connectivity index (χ0) is 15.8. The molecule has 6 nitrogen and oxygen atoms in total. The summed E-state index contributed by atoms with van der Waals surface area (Å²) >= 11 is 0. The number of carbonyl (C=O) groups is 1. The number of nitro benzene ring substituents is 1. The molecule has 0 heterocycles. The Balaban J connectivity index is 2.72. The fourth-order valence-corrected chi connectivity index (χ4v) is 2.02. The first-order valence-corrected chi connectivity index (χ1v) is 7.20. The number of nitrogens with one attached hydrogen (secondary N) is 2. The second kappa shape index (κ2) is 8.24. The number of anilines is 1. The van der Waals surface area contributed by atoms with Crippen molar-refractivity contribution in [3.8, 4) is 0 Å². The Morgan fingerprint density at radius 2 is 2.05 bits per heavy atom. The van der Waals surface area contributed by atoms with E-state index < -0.39 is 4.92 Å². The van der Waals surface area contributed by atoms with Crippen LogP contribution in [0.1, 0.15) is 43.5 Å². The van der Waals surface area contributed by atoms with Gasteiger partial charge in [0.2, 0.25) is 0 Å². The molecule has 0 saturated carbocycles. The molecule has 116 valence electrons. The predicted molar refractivity (Wildman–Crippen MR) is 83.7 cm³/mol. The monoisotopic (exact) mass is 293 g/mol. The van der Waals surface area contributed by atoms with Gasteiger partial charge < -0.3 is 10.6 Å². The van der Waals surface area contributed by atoms with Crippen LogP contribution in [0.15, 0.2) is 18.2 Å². The van der Waals surface area contributed by atoms with Gasteiger partial charge in [0.1, 0.15) is 5.69 Å². The van der Waals surface area contributed by atoms with Crippen molar-refractivity contribution in [2.75, 3.05) is 18.9 Å². The molecule has 0 saturated heterocycles. The lowest BCUT2D eigenvalue weighted by Crippen LogP contribution is -2.18. The van der Waals surface area contributed by atoms with E-state index in [1.165, 1.54) is 25.2 Å². The van der Waals surface area contributed by atoms with Crippen LogP contribution >= 0.6 is 0 Å². The van der Waals surface area contributed by atoms with E-state index in [2.05, 4.69) is 24.5 Å². The highest BCUT2D eigenvalue weighted by atomic mass is 16.6. The molecule has 0 bridgehead atoms. The number of amides is 1. The number of hydrogen-bond acceptors (Lipinski definition) is 4. The van der Waals surface area contributed by atoms with Crippen LogP contribution in [0.3, 0.4) is 0 Å². The summed E-state index contributed by atoms with van der Waals surface area (Å²) in [4.78, 5) is 22.2. The number of carbonyl (C=O) groups excluding carboxylic acids is 1. The molecule has 0 fully saturated rings. The van der Waals surface area contributed by atoms with Crippen LogP contribution < -0.4 is 10.6 Å². The normalized spacial score (nSPS) is 10.5. The number of unbranched alkanes of at least 4 members (excludes halogenated alkanes) is 1. The van der Waals surface area contributed by atoms with E-state index in [0.717, 1.165) is 19.3 Å². The molecule has 0 radical (unpaired) electrons. The molecule has 1 rings (SSSR count). The van der Waals surface area contributed by atoms with Gasteiger partial charge in [0.05, 0.1) is 4.92 Å². The van der Waals surface area contributed by atoms with E-state index in [-0.39, 0.29) is 11.6 Å². The molecular formula is C15H23N3O3. The van der Waals surface area contributed by atoms with Gasteiger partial charge in [-0.1, -0.05) is 26.7 Å². The van der Waals surface area contributed by atoms with Crippen LogP contribution in [0.2, 0.25) is 0 Å². The first kappa shape index (κ1) is 16.9. The molecule has 21 heavy (non-hydrogen) atoms. The van der Waals surface area contributed by atoms with Crippen molar-refractivity contribution in [2.24, 2.45) is 5.92 Å². The van der Waals surface area contributed by atoms with Crippen molar-refractivity contribution in [1.82, 2.24) is 5.32 Å². The van der Waals surface area contributed by atoms with E-state index in [9.17, 15) is 14.9 Å². The van der Waals surface area contributed by atoms with Crippen molar-refractivity contribution < 1.29 is 9.72 Å². The van der Waals surface area contributed by atoms with E-state index in [4.69, 9.17) is 0 Å². The summed E-state index contributed by atoms with van der Waals surface area (Å²) in [5.74, 6) is 0.406. The first-order valence-electron chi connectivity index (χ1n) is 7.20. The molecule has 0 aliphatic carbocycles. The maximum Gasteiger partial charge on any atom is 0.292 e. The molecule has 0 aromatic heterocycles. The number of rotatable bonds is 8. The fraction of sp³-hybridized carbons (Fsp3) is 0.533. The van der Waals surface area contributed by atoms with Crippen molar-refractivity contribution in [3.05, 3.63) is 33.9 Å². The Morgan fingerprint density at radius 3 is 2.62 bits per heavy atom. The minimum atomic E-state index is -0.440. The maximum absolute atomic E-state index is 11.6. The standard InChI is InChI=1S/C15H23N3O3/c1-11(2)6-4-5-9-17-13-10-12(15(19)16-3)7-8-14(13)18(20)21/h7-8,10-11,17H,4-6,9H2,1-3H3,(H,16,19). The number of hydrogen-bond donors (Lipinski definition) is 2. The molecule has 2 N–H and O–H groups in total. The Bertz CT molecular complexity index is 501. The minimum Gasteiger partial charge on any atom is -0.379 e. The lowest BCUT2D eigenvalue weighted by Gasteiger charge is -2.09. The lowest BCUT2D eigenvalue weighted by atomic mass is 10.1. The summed E-state index contributed by atoms with van der Waals surface area (Å²) in [5.41, 5.74) is 0.796. The Morgan fingerprint density at radius 1 is 1.33 bits per heavy atom. The van der Waals surface area contributed by atoms with Gasteiger partial charge in [-0.15, -0.1) is 0 Å².